The number of ether oxygens (including phenoxy) is 1. The average Bonchev–Trinajstić information content (AvgIpc) is 2.75. The zero-order valence-corrected chi connectivity index (χ0v) is 16.6. The molecular formula is C23H18O7. The number of hydrogen-bond donors (Lipinski definition) is 0. The molecule has 4 aromatic rings. The van der Waals surface area contributed by atoms with Crippen LogP contribution in [0.5, 0.6) is 0 Å². The summed E-state index contributed by atoms with van der Waals surface area (Å²) in [6.45, 7) is 3.75. The Labute approximate surface area is 170 Å². The highest BCUT2D eigenvalue weighted by atomic mass is 16.5. The van der Waals surface area contributed by atoms with Crippen LogP contribution in [-0.4, -0.2) is 19.4 Å². The second-order valence-corrected chi connectivity index (χ2v) is 6.61. The fourth-order valence-electron chi connectivity index (χ4n) is 2.84. The molecule has 0 spiro atoms. The van der Waals surface area contributed by atoms with Gasteiger partial charge in [-0.05, 0) is 38.1 Å². The molecule has 30 heavy (non-hydrogen) atoms. The van der Waals surface area contributed by atoms with Gasteiger partial charge in [-0.1, -0.05) is 23.3 Å². The average molecular weight is 406 g/mol. The Bertz CT molecular complexity index is 1380. The van der Waals surface area contributed by atoms with E-state index in [-0.39, 0.29) is 22.0 Å². The van der Waals surface area contributed by atoms with Gasteiger partial charge in [0.25, 0.3) is 0 Å². The van der Waals surface area contributed by atoms with Crippen molar-refractivity contribution in [2.24, 2.45) is 0 Å². The van der Waals surface area contributed by atoms with Gasteiger partial charge in [0.2, 0.25) is 10.9 Å². The highest BCUT2D eigenvalue weighted by Gasteiger charge is 2.14. The molecule has 0 fully saturated rings. The first-order chi connectivity index (χ1) is 14.3. The van der Waals surface area contributed by atoms with Crippen molar-refractivity contribution >= 4 is 34.2 Å². The number of carbonyl (C=O) groups excluding carboxylic acids is 2. The van der Waals surface area contributed by atoms with Gasteiger partial charge < -0.3 is 13.6 Å². The van der Waals surface area contributed by atoms with Crippen molar-refractivity contribution in [2.45, 2.75) is 13.8 Å². The minimum absolute atomic E-state index is 0.0584. The Morgan fingerprint density at radius 1 is 0.867 bits per heavy atom. The number of hydrogen-bond acceptors (Lipinski definition) is 7. The number of aldehydes is 1. The van der Waals surface area contributed by atoms with Crippen molar-refractivity contribution < 1.29 is 23.2 Å². The Hall–Kier alpha value is -4.00. The fraction of sp³-hybridized carbons (Fsp3) is 0.130. The topological polar surface area (TPSA) is 104 Å². The van der Waals surface area contributed by atoms with Crippen LogP contribution in [0.15, 0.2) is 67.3 Å². The first kappa shape index (κ1) is 20.7. The van der Waals surface area contributed by atoms with E-state index in [9.17, 15) is 19.2 Å². The monoisotopic (exact) mass is 406 g/mol. The summed E-state index contributed by atoms with van der Waals surface area (Å²) in [4.78, 5) is 45.3. The summed E-state index contributed by atoms with van der Waals surface area (Å²) in [6.07, 6.45) is 2.83. The summed E-state index contributed by atoms with van der Waals surface area (Å²) in [7, 11) is 1.22. The molecule has 0 aliphatic heterocycles. The van der Waals surface area contributed by atoms with Crippen molar-refractivity contribution in [2.75, 3.05) is 7.11 Å². The molecule has 0 bridgehead atoms. The van der Waals surface area contributed by atoms with Crippen LogP contribution in [0.1, 0.15) is 31.8 Å². The molecule has 0 unspecified atom stereocenters. The molecule has 0 saturated carbocycles. The van der Waals surface area contributed by atoms with Crippen molar-refractivity contribution in [3.05, 3.63) is 91.6 Å². The van der Waals surface area contributed by atoms with E-state index in [0.29, 0.717) is 28.2 Å². The molecule has 4 rings (SSSR count). The normalized spacial score (nSPS) is 10.4. The Morgan fingerprint density at radius 2 is 1.40 bits per heavy atom. The summed E-state index contributed by atoms with van der Waals surface area (Å²) in [6, 6.07) is 10.5. The molecule has 0 amide bonds. The first-order valence-corrected chi connectivity index (χ1v) is 8.93. The summed E-state index contributed by atoms with van der Waals surface area (Å²) >= 11 is 0. The number of benzene rings is 2. The highest BCUT2D eigenvalue weighted by Crippen LogP contribution is 2.14. The van der Waals surface area contributed by atoms with Crippen LogP contribution in [0.25, 0.3) is 21.9 Å². The van der Waals surface area contributed by atoms with Crippen LogP contribution in [0, 0.1) is 13.8 Å². The molecule has 0 saturated heterocycles. The fourth-order valence-corrected chi connectivity index (χ4v) is 2.84. The minimum atomic E-state index is -0.683. The van der Waals surface area contributed by atoms with Crippen molar-refractivity contribution in [1.29, 1.82) is 0 Å². The van der Waals surface area contributed by atoms with Crippen LogP contribution in [0.2, 0.25) is 0 Å². The van der Waals surface area contributed by atoms with Gasteiger partial charge in [-0.25, -0.2) is 4.79 Å². The first-order valence-electron chi connectivity index (χ1n) is 8.93. The molecule has 2 heterocycles. The Balaban J connectivity index is 0.000000172. The van der Waals surface area contributed by atoms with E-state index in [0.717, 1.165) is 17.4 Å². The molecule has 0 atom stereocenters. The molecule has 0 radical (unpaired) electrons. The van der Waals surface area contributed by atoms with Crippen LogP contribution in [0.4, 0.5) is 0 Å². The molecule has 0 aliphatic carbocycles. The third kappa shape index (κ3) is 4.05. The maximum absolute atomic E-state index is 11.9. The van der Waals surface area contributed by atoms with E-state index in [4.69, 9.17) is 8.83 Å². The second-order valence-electron chi connectivity index (χ2n) is 6.61. The molecule has 152 valence electrons. The second kappa shape index (κ2) is 8.57. The molecule has 0 N–H and O–H groups in total. The lowest BCUT2D eigenvalue weighted by molar-refractivity contribution is 0.0597. The highest BCUT2D eigenvalue weighted by molar-refractivity contribution is 5.92. The molecule has 2 aromatic carbocycles. The number of methoxy groups -OCH3 is 1. The van der Waals surface area contributed by atoms with E-state index in [1.54, 1.807) is 24.3 Å². The number of aryl methyl sites for hydroxylation is 2. The van der Waals surface area contributed by atoms with Gasteiger partial charge in [0.15, 0.2) is 6.29 Å². The molecule has 2 aromatic heterocycles. The van der Waals surface area contributed by atoms with E-state index in [2.05, 4.69) is 4.74 Å². The minimum Gasteiger partial charge on any atom is -0.465 e. The van der Waals surface area contributed by atoms with Gasteiger partial charge in [0, 0.05) is 0 Å². The lowest BCUT2D eigenvalue weighted by Gasteiger charge is -2.01. The largest absolute Gasteiger partial charge is 0.465 e. The van der Waals surface area contributed by atoms with Crippen LogP contribution in [0.3, 0.4) is 0 Å². The van der Waals surface area contributed by atoms with Crippen LogP contribution in [-0.2, 0) is 4.74 Å². The van der Waals surface area contributed by atoms with Gasteiger partial charge in [0.05, 0.1) is 23.4 Å². The third-order valence-corrected chi connectivity index (χ3v) is 4.42. The van der Waals surface area contributed by atoms with E-state index in [1.807, 2.05) is 26.0 Å². The van der Waals surface area contributed by atoms with Gasteiger partial charge in [-0.15, -0.1) is 0 Å². The smallest absolute Gasteiger partial charge is 0.345 e. The predicted octanol–water partition coefficient (Wildman–Crippen LogP) is 3.80. The lowest BCUT2D eigenvalue weighted by Crippen LogP contribution is -2.15. The van der Waals surface area contributed by atoms with E-state index in [1.165, 1.54) is 13.4 Å². The molecule has 0 aliphatic rings. The van der Waals surface area contributed by atoms with Gasteiger partial charge >= 0.3 is 5.97 Å². The zero-order valence-electron chi connectivity index (χ0n) is 16.6. The zero-order chi connectivity index (χ0) is 21.8. The lowest BCUT2D eigenvalue weighted by atomic mass is 10.1. The Kier molecular flexibility index (Phi) is 5.92. The standard InChI is InChI=1S/C12H10O4.C11H8O3/c1-7-3-4-10-8(5-7)11(13)9(6-16-10)12(14)15-2;1-7-2-3-10-9(4-7)11(13)8(5-12)6-14-10/h3-6H,1-2H3;2-6H,1H3. The number of rotatable bonds is 2. The SMILES string of the molecule is COC(=O)c1coc2ccc(C)cc2c1=O.Cc1ccc2occ(C=O)c(=O)c2c1. The maximum atomic E-state index is 11.9. The summed E-state index contributed by atoms with van der Waals surface area (Å²) in [5.41, 5.74) is 2.20. The maximum Gasteiger partial charge on any atom is 0.345 e. The van der Waals surface area contributed by atoms with Gasteiger partial charge in [-0.2, -0.15) is 0 Å². The van der Waals surface area contributed by atoms with Crippen LogP contribution >= 0.6 is 0 Å². The summed E-state index contributed by atoms with van der Waals surface area (Å²) in [5, 5.41) is 0.845. The van der Waals surface area contributed by atoms with Gasteiger partial charge in [0.1, 0.15) is 29.3 Å². The predicted molar refractivity (Wildman–Crippen MR) is 111 cm³/mol. The van der Waals surface area contributed by atoms with Crippen molar-refractivity contribution in [3.8, 4) is 0 Å². The quantitative estimate of drug-likeness (QED) is 0.368. The summed E-state index contributed by atoms with van der Waals surface area (Å²) in [5.74, 6) is -0.683. The molecular weight excluding hydrogens is 388 g/mol. The number of fused-ring (bicyclic) bond motifs is 2. The Morgan fingerprint density at radius 3 is 1.93 bits per heavy atom. The van der Waals surface area contributed by atoms with Gasteiger partial charge in [-0.3, -0.25) is 14.4 Å². The van der Waals surface area contributed by atoms with E-state index >= 15 is 0 Å². The molecule has 7 nitrogen and oxygen atoms in total. The van der Waals surface area contributed by atoms with Crippen molar-refractivity contribution in [3.63, 3.8) is 0 Å². The molecule has 7 heteroatoms. The third-order valence-electron chi connectivity index (χ3n) is 4.42. The number of esters is 1. The number of carbonyl (C=O) groups is 2. The van der Waals surface area contributed by atoms with E-state index < -0.39 is 5.97 Å². The summed E-state index contributed by atoms with van der Waals surface area (Å²) < 4.78 is 14.8. The van der Waals surface area contributed by atoms with Crippen molar-refractivity contribution in [1.82, 2.24) is 0 Å². The van der Waals surface area contributed by atoms with Crippen LogP contribution < -0.4 is 10.9 Å².